The van der Waals surface area contributed by atoms with Gasteiger partial charge in [0, 0.05) is 13.1 Å². The highest BCUT2D eigenvalue weighted by molar-refractivity contribution is 5.77. The van der Waals surface area contributed by atoms with Crippen molar-refractivity contribution in [3.05, 3.63) is 24.0 Å². The molecule has 6 nitrogen and oxygen atoms in total. The minimum Gasteiger partial charge on any atom is -0.444 e. The number of aromatic nitrogens is 1. The lowest BCUT2D eigenvalue weighted by Gasteiger charge is -2.35. The first-order chi connectivity index (χ1) is 10.0. The lowest BCUT2D eigenvalue weighted by molar-refractivity contribution is -0.0628. The van der Waals surface area contributed by atoms with E-state index < -0.39 is 17.4 Å². The summed E-state index contributed by atoms with van der Waals surface area (Å²) in [6.07, 6.45) is 1.24. The molecule has 0 radical (unpaired) electrons. The molecule has 0 aromatic carbocycles. The van der Waals surface area contributed by atoms with Gasteiger partial charge in [0.25, 0.3) is 0 Å². The number of hydrogen-bond donors (Lipinski definition) is 0. The summed E-state index contributed by atoms with van der Waals surface area (Å²) in [6.45, 7) is 10.9. The van der Waals surface area contributed by atoms with Crippen molar-refractivity contribution >= 4 is 12.0 Å². The molecule has 6 heteroatoms. The fraction of sp³-hybridized carbons (Fsp3) is 0.625. The van der Waals surface area contributed by atoms with E-state index in [1.807, 2.05) is 40.7 Å². The fourth-order valence-corrected chi connectivity index (χ4v) is 2.63. The van der Waals surface area contributed by atoms with Gasteiger partial charge >= 0.3 is 6.09 Å². The molecule has 0 spiro atoms. The van der Waals surface area contributed by atoms with Crippen LogP contribution in [-0.4, -0.2) is 39.4 Å². The van der Waals surface area contributed by atoms with Crippen LogP contribution >= 0.6 is 0 Å². The van der Waals surface area contributed by atoms with E-state index in [1.165, 1.54) is 11.5 Å². The van der Waals surface area contributed by atoms with Gasteiger partial charge in [0.05, 0.1) is 12.3 Å². The molecule has 2 heterocycles. The van der Waals surface area contributed by atoms with Crippen LogP contribution in [0.15, 0.2) is 18.3 Å². The standard InChI is InChI=1S/C16H24N2O4/c1-11(19)17-9-7-8-12(17)13-10-21-16(5,6)18(13)14(20)22-15(2,3)4/h7-9,13H,10H2,1-6H3/t13-/m0/s1. The number of nitrogens with zero attached hydrogens (tertiary/aromatic N) is 2. The third-order valence-electron chi connectivity index (χ3n) is 3.54. The predicted molar refractivity (Wildman–Crippen MR) is 81.6 cm³/mol. The Labute approximate surface area is 131 Å². The monoisotopic (exact) mass is 308 g/mol. The predicted octanol–water partition coefficient (Wildman–Crippen LogP) is 3.19. The Kier molecular flexibility index (Phi) is 4.08. The lowest BCUT2D eigenvalue weighted by Crippen LogP contribution is -2.47. The summed E-state index contributed by atoms with van der Waals surface area (Å²) < 4.78 is 12.8. The Morgan fingerprint density at radius 2 is 2.00 bits per heavy atom. The molecule has 1 atom stereocenters. The van der Waals surface area contributed by atoms with Crippen LogP contribution in [0.3, 0.4) is 0 Å². The molecule has 122 valence electrons. The fourth-order valence-electron chi connectivity index (χ4n) is 2.63. The molecule has 0 unspecified atom stereocenters. The molecular weight excluding hydrogens is 284 g/mol. The molecule has 1 aromatic heterocycles. The minimum atomic E-state index is -0.793. The van der Waals surface area contributed by atoms with Crippen LogP contribution in [0.2, 0.25) is 0 Å². The third kappa shape index (κ3) is 3.16. The van der Waals surface area contributed by atoms with Crippen molar-refractivity contribution in [2.24, 2.45) is 0 Å². The highest BCUT2D eigenvalue weighted by Crippen LogP contribution is 2.38. The number of ether oxygens (including phenoxy) is 2. The molecule has 0 saturated carbocycles. The van der Waals surface area contributed by atoms with Crippen LogP contribution < -0.4 is 0 Å². The van der Waals surface area contributed by atoms with E-state index in [9.17, 15) is 9.59 Å². The van der Waals surface area contributed by atoms with Crippen LogP contribution in [0, 0.1) is 0 Å². The van der Waals surface area contributed by atoms with Crippen LogP contribution in [0.4, 0.5) is 4.79 Å². The average Bonchev–Trinajstić information content (AvgIpc) is 2.89. The van der Waals surface area contributed by atoms with Gasteiger partial charge in [-0.3, -0.25) is 14.3 Å². The van der Waals surface area contributed by atoms with E-state index in [0.717, 1.165) is 5.69 Å². The highest BCUT2D eigenvalue weighted by atomic mass is 16.6. The van der Waals surface area contributed by atoms with Crippen molar-refractivity contribution in [3.63, 3.8) is 0 Å². The Balaban J connectivity index is 2.36. The molecule has 1 aromatic rings. The second kappa shape index (κ2) is 5.43. The Bertz CT molecular complexity index is 583. The van der Waals surface area contributed by atoms with Crippen LogP contribution in [0.1, 0.15) is 58.1 Å². The van der Waals surface area contributed by atoms with Crippen molar-refractivity contribution in [1.82, 2.24) is 9.47 Å². The largest absolute Gasteiger partial charge is 0.444 e. The second-order valence-corrected chi connectivity index (χ2v) is 6.95. The molecule has 0 N–H and O–H groups in total. The number of carbonyl (C=O) groups is 2. The number of amides is 1. The number of carbonyl (C=O) groups excluding carboxylic acids is 2. The summed E-state index contributed by atoms with van der Waals surface area (Å²) in [5.74, 6) is -0.103. The Morgan fingerprint density at radius 3 is 2.55 bits per heavy atom. The molecule has 1 amide bonds. The smallest absolute Gasteiger partial charge is 0.413 e. The Morgan fingerprint density at radius 1 is 1.36 bits per heavy atom. The van der Waals surface area contributed by atoms with Gasteiger partial charge in [0.15, 0.2) is 0 Å². The van der Waals surface area contributed by atoms with Crippen LogP contribution in [0.25, 0.3) is 0 Å². The van der Waals surface area contributed by atoms with Crippen molar-refractivity contribution in [1.29, 1.82) is 0 Å². The third-order valence-corrected chi connectivity index (χ3v) is 3.54. The zero-order valence-corrected chi connectivity index (χ0v) is 14.0. The summed E-state index contributed by atoms with van der Waals surface area (Å²) in [5, 5.41) is 0. The normalized spacial score (nSPS) is 21.0. The molecule has 0 aliphatic carbocycles. The topological polar surface area (TPSA) is 60.8 Å². The zero-order chi connectivity index (χ0) is 16.7. The Hall–Kier alpha value is -1.82. The second-order valence-electron chi connectivity index (χ2n) is 6.95. The number of rotatable bonds is 1. The van der Waals surface area contributed by atoms with E-state index >= 15 is 0 Å². The quantitative estimate of drug-likeness (QED) is 0.799. The maximum Gasteiger partial charge on any atom is 0.413 e. The van der Waals surface area contributed by atoms with E-state index in [0.29, 0.717) is 6.61 Å². The van der Waals surface area contributed by atoms with Gasteiger partial charge in [-0.2, -0.15) is 0 Å². The van der Waals surface area contributed by atoms with Crippen LogP contribution in [0.5, 0.6) is 0 Å². The molecule has 1 aliphatic rings. The minimum absolute atomic E-state index is 0.103. The molecule has 2 rings (SSSR count). The average molecular weight is 308 g/mol. The molecular formula is C16H24N2O4. The highest BCUT2D eigenvalue weighted by Gasteiger charge is 2.47. The molecule has 1 aliphatic heterocycles. The van der Waals surface area contributed by atoms with Crippen molar-refractivity contribution in [3.8, 4) is 0 Å². The SMILES string of the molecule is CC(=O)n1cccc1[C@@H]1COC(C)(C)N1C(=O)OC(C)(C)C. The summed E-state index contributed by atoms with van der Waals surface area (Å²) in [6, 6.07) is 3.26. The first-order valence-corrected chi connectivity index (χ1v) is 7.37. The molecule has 1 saturated heterocycles. The van der Waals surface area contributed by atoms with Gasteiger partial charge < -0.3 is 9.47 Å². The van der Waals surface area contributed by atoms with Gasteiger partial charge in [-0.25, -0.2) is 4.79 Å². The van der Waals surface area contributed by atoms with E-state index in [2.05, 4.69) is 0 Å². The summed E-state index contributed by atoms with van der Waals surface area (Å²) >= 11 is 0. The summed E-state index contributed by atoms with van der Waals surface area (Å²) in [5.41, 5.74) is -0.661. The summed E-state index contributed by atoms with van der Waals surface area (Å²) in [4.78, 5) is 25.9. The first-order valence-electron chi connectivity index (χ1n) is 7.37. The maximum atomic E-state index is 12.6. The summed E-state index contributed by atoms with van der Waals surface area (Å²) in [7, 11) is 0. The molecule has 22 heavy (non-hydrogen) atoms. The van der Waals surface area contributed by atoms with Gasteiger partial charge in [0.2, 0.25) is 5.91 Å². The lowest BCUT2D eigenvalue weighted by atomic mass is 10.1. The van der Waals surface area contributed by atoms with Gasteiger partial charge in [-0.05, 0) is 46.8 Å². The van der Waals surface area contributed by atoms with Crippen molar-refractivity contribution in [2.45, 2.75) is 58.9 Å². The number of hydrogen-bond acceptors (Lipinski definition) is 4. The maximum absolute atomic E-state index is 12.6. The van der Waals surface area contributed by atoms with Crippen LogP contribution in [-0.2, 0) is 9.47 Å². The van der Waals surface area contributed by atoms with E-state index in [4.69, 9.17) is 9.47 Å². The van der Waals surface area contributed by atoms with Gasteiger partial charge in [-0.1, -0.05) is 0 Å². The van der Waals surface area contributed by atoms with Gasteiger partial charge in [-0.15, -0.1) is 0 Å². The first kappa shape index (κ1) is 16.5. The van der Waals surface area contributed by atoms with Crippen molar-refractivity contribution < 1.29 is 19.1 Å². The van der Waals surface area contributed by atoms with E-state index in [-0.39, 0.29) is 11.9 Å². The van der Waals surface area contributed by atoms with E-state index in [1.54, 1.807) is 17.2 Å². The molecule has 0 bridgehead atoms. The molecule has 1 fully saturated rings. The van der Waals surface area contributed by atoms with Crippen molar-refractivity contribution in [2.75, 3.05) is 6.61 Å². The zero-order valence-electron chi connectivity index (χ0n) is 14.0. The van der Waals surface area contributed by atoms with Gasteiger partial charge in [0.1, 0.15) is 17.4 Å².